The van der Waals surface area contributed by atoms with E-state index < -0.39 is 17.4 Å². The highest BCUT2D eigenvalue weighted by atomic mass is 19.1. The highest BCUT2D eigenvalue weighted by molar-refractivity contribution is 6.02. The summed E-state index contributed by atoms with van der Waals surface area (Å²) in [5.41, 5.74) is 0.298. The lowest BCUT2D eigenvalue weighted by Gasteiger charge is -2.41. The molecule has 0 saturated heterocycles. The van der Waals surface area contributed by atoms with Gasteiger partial charge in [0.05, 0.1) is 16.5 Å². The Hall–Kier alpha value is -3.08. The van der Waals surface area contributed by atoms with E-state index in [0.717, 1.165) is 16.8 Å². The number of phenolic OH excluding ortho intramolecular Hbond substituents is 1. The van der Waals surface area contributed by atoms with E-state index in [1.807, 2.05) is 36.4 Å². The van der Waals surface area contributed by atoms with Crippen molar-refractivity contribution in [1.82, 2.24) is 0 Å². The molecule has 0 fully saturated rings. The number of Topliss-reactive ketones (excluding diaryl/α,β-unsaturated/α-hetero) is 1. The first-order valence-electron chi connectivity index (χ1n) is 8.04. The molecule has 1 N–H and O–H groups in total. The van der Waals surface area contributed by atoms with Crippen molar-refractivity contribution in [3.63, 3.8) is 0 Å². The quantitative estimate of drug-likeness (QED) is 0.665. The lowest BCUT2D eigenvalue weighted by Crippen LogP contribution is -2.45. The van der Waals surface area contributed by atoms with E-state index in [-0.39, 0.29) is 24.2 Å². The van der Waals surface area contributed by atoms with Crippen LogP contribution in [0.2, 0.25) is 0 Å². The minimum atomic E-state index is -1.25. The van der Waals surface area contributed by atoms with Gasteiger partial charge in [-0.05, 0) is 29.7 Å². The van der Waals surface area contributed by atoms with E-state index in [0.29, 0.717) is 17.1 Å². The van der Waals surface area contributed by atoms with Gasteiger partial charge in [-0.25, -0.2) is 4.39 Å². The van der Waals surface area contributed by atoms with Crippen LogP contribution in [0.5, 0.6) is 17.2 Å². The molecule has 0 radical (unpaired) electrons. The van der Waals surface area contributed by atoms with Gasteiger partial charge in [-0.3, -0.25) is 4.79 Å². The molecule has 0 atom stereocenters. The van der Waals surface area contributed by atoms with Gasteiger partial charge in [0.2, 0.25) is 0 Å². The van der Waals surface area contributed by atoms with Crippen LogP contribution in [0.25, 0.3) is 10.8 Å². The third-order valence-electron chi connectivity index (χ3n) is 4.88. The van der Waals surface area contributed by atoms with Gasteiger partial charge >= 0.3 is 0 Å². The number of carbonyl (C=O) groups excluding carboxylic acids is 1. The Morgan fingerprint density at radius 3 is 2.36 bits per heavy atom. The zero-order valence-corrected chi connectivity index (χ0v) is 13.1. The molecule has 0 unspecified atom stereocenters. The monoisotopic (exact) mass is 336 g/mol. The molecule has 3 aromatic carbocycles. The topological polar surface area (TPSA) is 55.8 Å². The Morgan fingerprint density at radius 1 is 1.00 bits per heavy atom. The minimum absolute atomic E-state index is 0.0576. The molecule has 5 heteroatoms. The smallest absolute Gasteiger partial charge is 0.279 e. The fraction of sp³-hybridized carbons (Fsp3) is 0.150. The first-order valence-corrected chi connectivity index (χ1v) is 8.04. The third-order valence-corrected chi connectivity index (χ3v) is 4.88. The second kappa shape index (κ2) is 4.72. The largest absolute Gasteiger partial charge is 0.504 e. The molecule has 0 saturated carbocycles. The maximum absolute atomic E-state index is 13.8. The number of rotatable bonds is 0. The summed E-state index contributed by atoms with van der Waals surface area (Å²) < 4.78 is 26.2. The Labute approximate surface area is 142 Å². The Balaban J connectivity index is 1.76. The Morgan fingerprint density at radius 2 is 1.68 bits per heavy atom. The fourth-order valence-corrected chi connectivity index (χ4v) is 3.73. The molecule has 1 heterocycles. The molecule has 25 heavy (non-hydrogen) atoms. The van der Waals surface area contributed by atoms with Crippen molar-refractivity contribution in [1.29, 1.82) is 0 Å². The first kappa shape index (κ1) is 14.3. The van der Waals surface area contributed by atoms with E-state index >= 15 is 0 Å². The molecule has 3 aromatic rings. The third kappa shape index (κ3) is 1.83. The van der Waals surface area contributed by atoms with Crippen LogP contribution in [0, 0.1) is 5.82 Å². The molecule has 2 aliphatic rings. The Bertz CT molecular complexity index is 1020. The molecular weight excluding hydrogens is 323 g/mol. The predicted octanol–water partition coefficient (Wildman–Crippen LogP) is 4.29. The summed E-state index contributed by atoms with van der Waals surface area (Å²) in [6.07, 6.45) is 0.386. The van der Waals surface area contributed by atoms with E-state index in [2.05, 4.69) is 0 Å². The first-order chi connectivity index (χ1) is 12.1. The van der Waals surface area contributed by atoms with E-state index in [1.54, 1.807) is 0 Å². The molecule has 124 valence electrons. The molecule has 0 amide bonds. The van der Waals surface area contributed by atoms with E-state index in [1.165, 1.54) is 6.07 Å². The van der Waals surface area contributed by atoms with Crippen LogP contribution in [0.3, 0.4) is 0 Å². The molecule has 1 aliphatic carbocycles. The summed E-state index contributed by atoms with van der Waals surface area (Å²) in [5, 5.41) is 11.9. The normalized spacial score (nSPS) is 17.1. The SMILES string of the molecule is O=C1CCC2(Oc3cccc4cccc(c34)O2)c2ccc(F)c(O)c21. The summed E-state index contributed by atoms with van der Waals surface area (Å²) in [6, 6.07) is 14.0. The lowest BCUT2D eigenvalue weighted by molar-refractivity contribution is -0.135. The highest BCUT2D eigenvalue weighted by Gasteiger charge is 2.48. The van der Waals surface area contributed by atoms with Crippen molar-refractivity contribution in [2.24, 2.45) is 0 Å². The fourth-order valence-electron chi connectivity index (χ4n) is 3.73. The van der Waals surface area contributed by atoms with Gasteiger partial charge in [-0.1, -0.05) is 24.3 Å². The average Bonchev–Trinajstić information content (AvgIpc) is 2.61. The number of hydrogen-bond acceptors (Lipinski definition) is 4. The number of carbonyl (C=O) groups is 1. The van der Waals surface area contributed by atoms with Crippen LogP contribution < -0.4 is 9.47 Å². The van der Waals surface area contributed by atoms with Crippen LogP contribution >= 0.6 is 0 Å². The standard InChI is InChI=1S/C20H13FO4/c21-13-8-7-12-18(19(13)23)14(22)9-10-20(12)24-15-5-1-3-11-4-2-6-16(25-20)17(11)15/h1-8,23H,9-10H2. The van der Waals surface area contributed by atoms with E-state index in [4.69, 9.17) is 9.47 Å². The van der Waals surface area contributed by atoms with Crippen molar-refractivity contribution in [2.45, 2.75) is 18.6 Å². The lowest BCUT2D eigenvalue weighted by atomic mass is 9.84. The summed E-state index contributed by atoms with van der Waals surface area (Å²) >= 11 is 0. The number of halogens is 1. The molecule has 1 aliphatic heterocycles. The van der Waals surface area contributed by atoms with Gasteiger partial charge < -0.3 is 14.6 Å². The zero-order chi connectivity index (χ0) is 17.2. The van der Waals surface area contributed by atoms with Crippen molar-refractivity contribution in [2.75, 3.05) is 0 Å². The predicted molar refractivity (Wildman–Crippen MR) is 88.5 cm³/mol. The van der Waals surface area contributed by atoms with Crippen molar-refractivity contribution < 1.29 is 23.8 Å². The highest BCUT2D eigenvalue weighted by Crippen LogP contribution is 2.50. The van der Waals surface area contributed by atoms with Crippen molar-refractivity contribution in [3.8, 4) is 17.2 Å². The van der Waals surface area contributed by atoms with Crippen LogP contribution in [0.4, 0.5) is 4.39 Å². The number of fused-ring (bicyclic) bond motifs is 2. The summed E-state index contributed by atoms with van der Waals surface area (Å²) in [6.45, 7) is 0. The maximum atomic E-state index is 13.8. The van der Waals surface area contributed by atoms with Crippen LogP contribution in [-0.2, 0) is 5.79 Å². The minimum Gasteiger partial charge on any atom is -0.504 e. The van der Waals surface area contributed by atoms with Gasteiger partial charge in [0.15, 0.2) is 17.3 Å². The maximum Gasteiger partial charge on any atom is 0.279 e. The molecular formula is C20H13FO4. The second-order valence-corrected chi connectivity index (χ2v) is 6.31. The molecule has 1 spiro atoms. The summed E-state index contributed by atoms with van der Waals surface area (Å²) in [7, 11) is 0. The molecule has 5 rings (SSSR count). The van der Waals surface area contributed by atoms with Crippen molar-refractivity contribution in [3.05, 3.63) is 65.5 Å². The number of benzene rings is 3. The number of phenols is 1. The molecule has 0 bridgehead atoms. The van der Waals surface area contributed by atoms with E-state index in [9.17, 15) is 14.3 Å². The van der Waals surface area contributed by atoms with Gasteiger partial charge in [0.1, 0.15) is 11.5 Å². The Kier molecular flexibility index (Phi) is 2.70. The van der Waals surface area contributed by atoms with Gasteiger partial charge in [-0.2, -0.15) is 0 Å². The van der Waals surface area contributed by atoms with Crippen LogP contribution in [0.1, 0.15) is 28.8 Å². The number of hydrogen-bond donors (Lipinski definition) is 1. The number of aromatic hydroxyl groups is 1. The van der Waals surface area contributed by atoms with Crippen LogP contribution in [0.15, 0.2) is 48.5 Å². The zero-order valence-electron chi connectivity index (χ0n) is 13.1. The van der Waals surface area contributed by atoms with Gasteiger partial charge in [0.25, 0.3) is 5.79 Å². The van der Waals surface area contributed by atoms with Gasteiger partial charge in [0, 0.05) is 12.8 Å². The van der Waals surface area contributed by atoms with Crippen molar-refractivity contribution >= 4 is 16.6 Å². The summed E-state index contributed by atoms with van der Waals surface area (Å²) in [4.78, 5) is 12.3. The molecule has 4 nitrogen and oxygen atoms in total. The van der Waals surface area contributed by atoms with Crippen LogP contribution in [-0.4, -0.2) is 10.9 Å². The molecule has 0 aromatic heterocycles. The second-order valence-electron chi connectivity index (χ2n) is 6.31. The van der Waals surface area contributed by atoms with Gasteiger partial charge in [-0.15, -0.1) is 0 Å². The average molecular weight is 336 g/mol. The number of ketones is 1. The summed E-state index contributed by atoms with van der Waals surface area (Å²) in [5.74, 6) is -1.76. The number of ether oxygens (including phenoxy) is 2.